The number of nitrogens with one attached hydrogen (secondary N) is 1. The number of imidazole rings is 1. The van der Waals surface area contributed by atoms with E-state index in [1.165, 1.54) is 11.1 Å². The van der Waals surface area contributed by atoms with Crippen molar-refractivity contribution in [3.8, 4) is 11.1 Å². The van der Waals surface area contributed by atoms with E-state index >= 15 is 0 Å². The van der Waals surface area contributed by atoms with Gasteiger partial charge in [0.05, 0.1) is 5.69 Å². The summed E-state index contributed by atoms with van der Waals surface area (Å²) in [5.74, 6) is -0.0953. The number of carbonyl (C=O) groups is 1. The molecule has 0 aliphatic rings. The Balaban J connectivity index is 1.52. The molecule has 0 unspecified atom stereocenters. The Morgan fingerprint density at radius 3 is 2.39 bits per heavy atom. The molecule has 0 fully saturated rings. The topological polar surface area (TPSA) is 46.4 Å². The lowest BCUT2D eigenvalue weighted by Crippen LogP contribution is -2.25. The molecule has 4 aromatic rings. The summed E-state index contributed by atoms with van der Waals surface area (Å²) in [6.07, 6.45) is 2.68. The maximum atomic E-state index is 12.9. The number of pyridine rings is 1. The van der Waals surface area contributed by atoms with E-state index in [9.17, 15) is 4.79 Å². The molecular weight excluding hydrogens is 346 g/mol. The molecule has 0 saturated carbocycles. The Kier molecular flexibility index (Phi) is 4.94. The Bertz CT molecular complexity index is 1110. The number of aryl methyl sites for hydroxylation is 2. The Morgan fingerprint density at radius 1 is 0.964 bits per heavy atom. The summed E-state index contributed by atoms with van der Waals surface area (Å²) in [7, 11) is 0. The summed E-state index contributed by atoms with van der Waals surface area (Å²) in [4.78, 5) is 17.5. The summed E-state index contributed by atoms with van der Waals surface area (Å²) in [6, 6.07) is 22.5. The molecule has 28 heavy (non-hydrogen) atoms. The second-order valence-corrected chi connectivity index (χ2v) is 6.94. The van der Waals surface area contributed by atoms with Crippen LogP contribution < -0.4 is 5.32 Å². The van der Waals surface area contributed by atoms with E-state index in [2.05, 4.69) is 46.7 Å². The number of amides is 1. The maximum Gasteiger partial charge on any atom is 0.270 e. The highest BCUT2D eigenvalue weighted by atomic mass is 16.1. The SMILES string of the molecule is CCc1nc2ccc(C)cn2c1C(=O)NCc1ccc(-c2ccccc2)cc1. The van der Waals surface area contributed by atoms with Crippen molar-refractivity contribution in [3.05, 3.63) is 95.4 Å². The number of carbonyl (C=O) groups excluding carboxylic acids is 1. The van der Waals surface area contributed by atoms with Gasteiger partial charge in [-0.25, -0.2) is 4.98 Å². The van der Waals surface area contributed by atoms with Crippen LogP contribution in [-0.4, -0.2) is 15.3 Å². The average molecular weight is 369 g/mol. The van der Waals surface area contributed by atoms with Crippen molar-refractivity contribution in [2.75, 3.05) is 0 Å². The number of rotatable bonds is 5. The third-order valence-corrected chi connectivity index (χ3v) is 4.90. The van der Waals surface area contributed by atoms with Gasteiger partial charge in [0.25, 0.3) is 5.91 Å². The van der Waals surface area contributed by atoms with Crippen LogP contribution in [-0.2, 0) is 13.0 Å². The van der Waals surface area contributed by atoms with Gasteiger partial charge in [0, 0.05) is 12.7 Å². The molecule has 0 radical (unpaired) electrons. The number of nitrogens with zero attached hydrogens (tertiary/aromatic N) is 2. The van der Waals surface area contributed by atoms with Crippen LogP contribution in [0.25, 0.3) is 16.8 Å². The minimum atomic E-state index is -0.0953. The second kappa shape index (κ2) is 7.69. The molecule has 4 nitrogen and oxygen atoms in total. The van der Waals surface area contributed by atoms with E-state index in [0.29, 0.717) is 12.2 Å². The third-order valence-electron chi connectivity index (χ3n) is 4.90. The Morgan fingerprint density at radius 2 is 1.68 bits per heavy atom. The van der Waals surface area contributed by atoms with Crippen LogP contribution in [0, 0.1) is 6.92 Å². The summed E-state index contributed by atoms with van der Waals surface area (Å²) in [5.41, 5.74) is 6.77. The molecule has 4 rings (SSSR count). The first-order valence-electron chi connectivity index (χ1n) is 9.56. The van der Waals surface area contributed by atoms with Crippen molar-refractivity contribution in [3.63, 3.8) is 0 Å². The molecule has 4 heteroatoms. The lowest BCUT2D eigenvalue weighted by atomic mass is 10.0. The molecule has 2 aromatic carbocycles. The predicted octanol–water partition coefficient (Wildman–Crippen LogP) is 4.80. The summed E-state index contributed by atoms with van der Waals surface area (Å²) in [5, 5.41) is 3.05. The van der Waals surface area contributed by atoms with Crippen LogP contribution in [0.5, 0.6) is 0 Å². The average Bonchev–Trinajstić information content (AvgIpc) is 3.11. The summed E-state index contributed by atoms with van der Waals surface area (Å²) < 4.78 is 1.89. The number of hydrogen-bond acceptors (Lipinski definition) is 2. The van der Waals surface area contributed by atoms with Crippen LogP contribution in [0.2, 0.25) is 0 Å². The number of benzene rings is 2. The highest BCUT2D eigenvalue weighted by molar-refractivity contribution is 5.94. The zero-order chi connectivity index (χ0) is 19.5. The fraction of sp³-hybridized carbons (Fsp3) is 0.167. The molecule has 0 aliphatic heterocycles. The van der Waals surface area contributed by atoms with Crippen molar-refractivity contribution < 1.29 is 4.79 Å². The molecule has 0 atom stereocenters. The van der Waals surface area contributed by atoms with Crippen LogP contribution in [0.15, 0.2) is 72.9 Å². The molecule has 140 valence electrons. The predicted molar refractivity (Wildman–Crippen MR) is 112 cm³/mol. The molecular formula is C24H23N3O. The van der Waals surface area contributed by atoms with Crippen LogP contribution in [0.4, 0.5) is 0 Å². The fourth-order valence-electron chi connectivity index (χ4n) is 3.40. The molecule has 0 spiro atoms. The van der Waals surface area contributed by atoms with Gasteiger partial charge >= 0.3 is 0 Å². The van der Waals surface area contributed by atoms with Crippen molar-refractivity contribution in [2.24, 2.45) is 0 Å². The zero-order valence-electron chi connectivity index (χ0n) is 16.1. The molecule has 1 amide bonds. The van der Waals surface area contributed by atoms with E-state index in [0.717, 1.165) is 28.9 Å². The highest BCUT2D eigenvalue weighted by Crippen LogP contribution is 2.19. The Labute approximate surface area is 164 Å². The minimum Gasteiger partial charge on any atom is -0.347 e. The maximum absolute atomic E-state index is 12.9. The van der Waals surface area contributed by atoms with Gasteiger partial charge in [0.15, 0.2) is 0 Å². The van der Waals surface area contributed by atoms with Crippen LogP contribution in [0.1, 0.15) is 34.2 Å². The normalized spacial score (nSPS) is 10.9. The first-order chi connectivity index (χ1) is 13.7. The number of aromatic nitrogens is 2. The van der Waals surface area contributed by atoms with Gasteiger partial charge in [0.2, 0.25) is 0 Å². The third kappa shape index (κ3) is 3.54. The van der Waals surface area contributed by atoms with Crippen LogP contribution in [0.3, 0.4) is 0 Å². The standard InChI is InChI=1S/C24H23N3O/c1-3-21-23(27-16-17(2)9-14-22(27)26-21)24(28)25-15-18-10-12-20(13-11-18)19-7-5-4-6-8-19/h4-14,16H,3,15H2,1-2H3,(H,25,28). The molecule has 2 heterocycles. The monoisotopic (exact) mass is 369 g/mol. The van der Waals surface area contributed by atoms with Gasteiger partial charge in [-0.15, -0.1) is 0 Å². The van der Waals surface area contributed by atoms with E-state index in [1.54, 1.807) is 0 Å². The van der Waals surface area contributed by atoms with Gasteiger partial charge < -0.3 is 5.32 Å². The van der Waals surface area contributed by atoms with Gasteiger partial charge in [0.1, 0.15) is 11.3 Å². The second-order valence-electron chi connectivity index (χ2n) is 6.94. The van der Waals surface area contributed by atoms with Gasteiger partial charge in [-0.3, -0.25) is 9.20 Å². The molecule has 0 saturated heterocycles. The molecule has 1 N–H and O–H groups in total. The largest absolute Gasteiger partial charge is 0.347 e. The van der Waals surface area contributed by atoms with Crippen LogP contribution >= 0.6 is 0 Å². The Hall–Kier alpha value is -3.40. The quantitative estimate of drug-likeness (QED) is 0.549. The smallest absolute Gasteiger partial charge is 0.270 e. The minimum absolute atomic E-state index is 0.0953. The fourth-order valence-corrected chi connectivity index (χ4v) is 3.40. The first-order valence-corrected chi connectivity index (χ1v) is 9.56. The number of fused-ring (bicyclic) bond motifs is 1. The summed E-state index contributed by atoms with van der Waals surface area (Å²) >= 11 is 0. The zero-order valence-corrected chi connectivity index (χ0v) is 16.1. The van der Waals surface area contributed by atoms with Crippen molar-refractivity contribution in [2.45, 2.75) is 26.8 Å². The molecule has 0 bridgehead atoms. The first kappa shape index (κ1) is 18.0. The van der Waals surface area contributed by atoms with E-state index in [-0.39, 0.29) is 5.91 Å². The van der Waals surface area contributed by atoms with E-state index < -0.39 is 0 Å². The molecule has 0 aliphatic carbocycles. The van der Waals surface area contributed by atoms with Gasteiger partial charge in [-0.1, -0.05) is 67.6 Å². The molecule has 2 aromatic heterocycles. The van der Waals surface area contributed by atoms with E-state index in [4.69, 9.17) is 0 Å². The van der Waals surface area contributed by atoms with Crippen molar-refractivity contribution in [1.82, 2.24) is 14.7 Å². The highest BCUT2D eigenvalue weighted by Gasteiger charge is 2.18. The lowest BCUT2D eigenvalue weighted by Gasteiger charge is -2.08. The van der Waals surface area contributed by atoms with Gasteiger partial charge in [-0.2, -0.15) is 0 Å². The van der Waals surface area contributed by atoms with Crippen molar-refractivity contribution in [1.29, 1.82) is 0 Å². The lowest BCUT2D eigenvalue weighted by molar-refractivity contribution is 0.0944. The summed E-state index contributed by atoms with van der Waals surface area (Å²) in [6.45, 7) is 4.52. The van der Waals surface area contributed by atoms with Gasteiger partial charge in [-0.05, 0) is 41.7 Å². The number of hydrogen-bond donors (Lipinski definition) is 1. The van der Waals surface area contributed by atoms with Crippen molar-refractivity contribution >= 4 is 11.6 Å². The van der Waals surface area contributed by atoms with E-state index in [1.807, 2.05) is 54.8 Å².